The van der Waals surface area contributed by atoms with Crippen molar-refractivity contribution in [1.29, 1.82) is 0 Å². The highest BCUT2D eigenvalue weighted by Crippen LogP contribution is 2.39. The second-order valence-electron chi connectivity index (χ2n) is 7.81. The lowest BCUT2D eigenvalue weighted by Crippen LogP contribution is -2.23. The maximum Gasteiger partial charge on any atom is 0.00449 e. The van der Waals surface area contributed by atoms with Crippen molar-refractivity contribution in [2.45, 2.75) is 66.2 Å². The van der Waals surface area contributed by atoms with Crippen molar-refractivity contribution in [3.8, 4) is 0 Å². The van der Waals surface area contributed by atoms with E-state index in [1.807, 2.05) is 0 Å². The third-order valence-corrected chi connectivity index (χ3v) is 5.07. The molecule has 1 atom stereocenters. The first-order valence-electron chi connectivity index (χ1n) is 7.96. The van der Waals surface area contributed by atoms with Gasteiger partial charge in [0.25, 0.3) is 0 Å². The van der Waals surface area contributed by atoms with Gasteiger partial charge < -0.3 is 4.90 Å². The van der Waals surface area contributed by atoms with Crippen LogP contribution in [0.5, 0.6) is 0 Å². The minimum Gasteiger partial charge on any atom is -0.305 e. The molecule has 1 aromatic rings. The molecule has 0 aliphatic carbocycles. The van der Waals surface area contributed by atoms with Crippen molar-refractivity contribution < 1.29 is 0 Å². The summed E-state index contributed by atoms with van der Waals surface area (Å²) in [6.07, 6.45) is 1.20. The van der Waals surface area contributed by atoms with Crippen molar-refractivity contribution in [1.82, 2.24) is 4.90 Å². The maximum absolute atomic E-state index is 2.48. The van der Waals surface area contributed by atoms with E-state index in [-0.39, 0.29) is 5.41 Å². The van der Waals surface area contributed by atoms with Crippen molar-refractivity contribution in [2.24, 2.45) is 0 Å². The smallest absolute Gasteiger partial charge is 0.00449 e. The molecule has 0 N–H and O–H groups in total. The highest BCUT2D eigenvalue weighted by atomic mass is 15.1. The van der Waals surface area contributed by atoms with Gasteiger partial charge in [0.15, 0.2) is 0 Å². The van der Waals surface area contributed by atoms with E-state index >= 15 is 0 Å². The van der Waals surface area contributed by atoms with Crippen LogP contribution in [0.4, 0.5) is 0 Å². The van der Waals surface area contributed by atoms with E-state index in [2.05, 4.69) is 60.4 Å². The number of hydrogen-bond donors (Lipinski definition) is 0. The molecule has 1 aliphatic rings. The van der Waals surface area contributed by atoms with Gasteiger partial charge in [0.2, 0.25) is 0 Å². The first-order chi connectivity index (χ1) is 9.14. The molecule has 0 spiro atoms. The zero-order valence-electron chi connectivity index (χ0n) is 14.6. The SMILES string of the molecule is Cc1c(C)c(C(C)(C)C)c(C)c2c1CCN(C)CC2C. The topological polar surface area (TPSA) is 3.24 Å². The van der Waals surface area contributed by atoms with Crippen LogP contribution in [0.15, 0.2) is 0 Å². The van der Waals surface area contributed by atoms with Crippen LogP contribution in [0.1, 0.15) is 67.0 Å². The van der Waals surface area contributed by atoms with Gasteiger partial charge in [-0.2, -0.15) is 0 Å². The van der Waals surface area contributed by atoms with Crippen LogP contribution in [0.3, 0.4) is 0 Å². The van der Waals surface area contributed by atoms with Crippen molar-refractivity contribution in [2.75, 3.05) is 20.1 Å². The minimum atomic E-state index is 0.228. The highest BCUT2D eigenvalue weighted by molar-refractivity contribution is 5.54. The van der Waals surface area contributed by atoms with E-state index in [0.717, 1.165) is 0 Å². The van der Waals surface area contributed by atoms with Crippen LogP contribution in [-0.4, -0.2) is 25.0 Å². The molecular weight excluding hydrogens is 242 g/mol. The molecule has 1 unspecified atom stereocenters. The van der Waals surface area contributed by atoms with Crippen LogP contribution in [0.25, 0.3) is 0 Å². The summed E-state index contributed by atoms with van der Waals surface area (Å²) in [5.74, 6) is 0.637. The van der Waals surface area contributed by atoms with Crippen LogP contribution in [0.2, 0.25) is 0 Å². The molecule has 0 aromatic heterocycles. The zero-order valence-corrected chi connectivity index (χ0v) is 14.6. The highest BCUT2D eigenvalue weighted by Gasteiger charge is 2.28. The second kappa shape index (κ2) is 5.18. The van der Waals surface area contributed by atoms with E-state index in [0.29, 0.717) is 5.92 Å². The Morgan fingerprint density at radius 1 is 1.00 bits per heavy atom. The van der Waals surface area contributed by atoms with Gasteiger partial charge in [-0.15, -0.1) is 0 Å². The van der Waals surface area contributed by atoms with Gasteiger partial charge in [0, 0.05) is 13.1 Å². The Balaban J connectivity index is 2.75. The summed E-state index contributed by atoms with van der Waals surface area (Å²) < 4.78 is 0. The Morgan fingerprint density at radius 3 is 2.15 bits per heavy atom. The van der Waals surface area contributed by atoms with Gasteiger partial charge in [0.1, 0.15) is 0 Å². The largest absolute Gasteiger partial charge is 0.305 e. The quantitative estimate of drug-likeness (QED) is 0.672. The summed E-state index contributed by atoms with van der Waals surface area (Å²) >= 11 is 0. The van der Waals surface area contributed by atoms with Crippen LogP contribution in [0, 0.1) is 20.8 Å². The molecule has 1 heterocycles. The van der Waals surface area contributed by atoms with Gasteiger partial charge >= 0.3 is 0 Å². The molecule has 1 nitrogen and oxygen atoms in total. The first kappa shape index (κ1) is 15.6. The molecule has 20 heavy (non-hydrogen) atoms. The maximum atomic E-state index is 2.48. The molecular formula is C19H31N. The molecule has 0 amide bonds. The number of likely N-dealkylation sites (N-methyl/N-ethyl adjacent to an activating group) is 1. The van der Waals surface area contributed by atoms with E-state index in [1.165, 1.54) is 30.6 Å². The number of benzene rings is 1. The van der Waals surface area contributed by atoms with Crippen molar-refractivity contribution in [3.05, 3.63) is 33.4 Å². The molecule has 0 saturated carbocycles. The standard InChI is InChI=1S/C19H31N/c1-12-11-20(8)10-9-16-13(2)14(3)18(19(5,6)7)15(4)17(12)16/h12H,9-11H2,1-8H3. The third-order valence-electron chi connectivity index (χ3n) is 5.07. The molecule has 112 valence electrons. The van der Waals surface area contributed by atoms with Crippen LogP contribution >= 0.6 is 0 Å². The summed E-state index contributed by atoms with van der Waals surface area (Å²) in [4.78, 5) is 2.48. The Labute approximate surface area is 125 Å². The van der Waals surface area contributed by atoms with Crippen LogP contribution < -0.4 is 0 Å². The lowest BCUT2D eigenvalue weighted by molar-refractivity contribution is 0.331. The van der Waals surface area contributed by atoms with E-state index in [4.69, 9.17) is 0 Å². The summed E-state index contributed by atoms with van der Waals surface area (Å²) in [6, 6.07) is 0. The zero-order chi connectivity index (χ0) is 15.2. The lowest BCUT2D eigenvalue weighted by atomic mass is 9.74. The normalized spacial score (nSPS) is 20.7. The second-order valence-corrected chi connectivity index (χ2v) is 7.81. The predicted molar refractivity (Wildman–Crippen MR) is 89.0 cm³/mol. The molecule has 0 saturated heterocycles. The van der Waals surface area contributed by atoms with Gasteiger partial charge in [-0.1, -0.05) is 27.7 Å². The Kier molecular flexibility index (Phi) is 4.03. The summed E-state index contributed by atoms with van der Waals surface area (Å²) in [5, 5.41) is 0. The minimum absolute atomic E-state index is 0.228. The predicted octanol–water partition coefficient (Wildman–Crippen LogP) is 4.50. The summed E-state index contributed by atoms with van der Waals surface area (Å²) in [5.41, 5.74) is 9.69. The van der Waals surface area contributed by atoms with Gasteiger partial charge in [-0.3, -0.25) is 0 Å². The fourth-order valence-corrected chi connectivity index (χ4v) is 4.33. The van der Waals surface area contributed by atoms with Crippen LogP contribution in [-0.2, 0) is 11.8 Å². The Hall–Kier alpha value is -0.820. The molecule has 1 heteroatoms. The number of rotatable bonds is 0. The van der Waals surface area contributed by atoms with Crippen molar-refractivity contribution >= 4 is 0 Å². The summed E-state index contributed by atoms with van der Waals surface area (Å²) in [6.45, 7) is 18.8. The molecule has 0 fully saturated rings. The molecule has 0 radical (unpaired) electrons. The molecule has 1 aliphatic heterocycles. The van der Waals surface area contributed by atoms with Gasteiger partial charge in [-0.05, 0) is 79.0 Å². The van der Waals surface area contributed by atoms with E-state index in [9.17, 15) is 0 Å². The molecule has 0 bridgehead atoms. The van der Waals surface area contributed by atoms with E-state index < -0.39 is 0 Å². The van der Waals surface area contributed by atoms with E-state index in [1.54, 1.807) is 22.3 Å². The monoisotopic (exact) mass is 273 g/mol. The molecule has 1 aromatic carbocycles. The fraction of sp³-hybridized carbons (Fsp3) is 0.684. The number of fused-ring (bicyclic) bond motifs is 1. The Bertz CT molecular complexity index is 520. The Morgan fingerprint density at radius 2 is 1.60 bits per heavy atom. The average molecular weight is 273 g/mol. The molecule has 2 rings (SSSR count). The summed E-state index contributed by atoms with van der Waals surface area (Å²) in [7, 11) is 2.25. The van der Waals surface area contributed by atoms with Crippen molar-refractivity contribution in [3.63, 3.8) is 0 Å². The first-order valence-corrected chi connectivity index (χ1v) is 7.96. The average Bonchev–Trinajstić information content (AvgIpc) is 2.43. The van der Waals surface area contributed by atoms with Gasteiger partial charge in [0.05, 0.1) is 0 Å². The van der Waals surface area contributed by atoms with Gasteiger partial charge in [-0.25, -0.2) is 0 Å². The third kappa shape index (κ3) is 2.53. The number of hydrogen-bond acceptors (Lipinski definition) is 1. The lowest BCUT2D eigenvalue weighted by Gasteiger charge is -2.31. The fourth-order valence-electron chi connectivity index (χ4n) is 4.33. The number of nitrogens with zero attached hydrogens (tertiary/aromatic N) is 1.